The van der Waals surface area contributed by atoms with E-state index in [2.05, 4.69) is 25.2 Å². The van der Waals surface area contributed by atoms with Crippen LogP contribution in [-0.4, -0.2) is 18.1 Å². The summed E-state index contributed by atoms with van der Waals surface area (Å²) in [5.74, 6) is 1.60. The Morgan fingerprint density at radius 1 is 1.15 bits per heavy atom. The molecule has 27 heavy (non-hydrogen) atoms. The van der Waals surface area contributed by atoms with Crippen molar-refractivity contribution in [2.24, 2.45) is 0 Å². The first-order valence-electron chi connectivity index (χ1n) is 9.83. The van der Waals surface area contributed by atoms with Crippen molar-refractivity contribution < 1.29 is 14.3 Å². The molecule has 2 aromatic carbocycles. The van der Waals surface area contributed by atoms with E-state index < -0.39 is 0 Å². The van der Waals surface area contributed by atoms with Gasteiger partial charge in [-0.05, 0) is 62.8 Å². The third-order valence-electron chi connectivity index (χ3n) is 5.42. The maximum absolute atomic E-state index is 12.6. The summed E-state index contributed by atoms with van der Waals surface area (Å²) in [5, 5.41) is 3.14. The van der Waals surface area contributed by atoms with Gasteiger partial charge < -0.3 is 14.8 Å². The summed E-state index contributed by atoms with van der Waals surface area (Å²) in [7, 11) is 0. The number of para-hydroxylation sites is 1. The minimum atomic E-state index is -0.314. The van der Waals surface area contributed by atoms with Gasteiger partial charge in [0.1, 0.15) is 17.1 Å². The molecule has 0 aromatic heterocycles. The minimum absolute atomic E-state index is 0.0381. The van der Waals surface area contributed by atoms with E-state index in [1.54, 1.807) is 0 Å². The van der Waals surface area contributed by atoms with Gasteiger partial charge >= 0.3 is 0 Å². The highest BCUT2D eigenvalue weighted by Crippen LogP contribution is 2.39. The zero-order valence-electron chi connectivity index (χ0n) is 16.1. The van der Waals surface area contributed by atoms with E-state index in [0.29, 0.717) is 0 Å². The molecule has 1 amide bonds. The van der Waals surface area contributed by atoms with Gasteiger partial charge in [0, 0.05) is 12.0 Å². The molecular formula is C23H27NO3. The van der Waals surface area contributed by atoms with E-state index in [1.165, 1.54) is 24.0 Å². The van der Waals surface area contributed by atoms with Gasteiger partial charge in [-0.2, -0.15) is 0 Å². The Morgan fingerprint density at radius 2 is 1.96 bits per heavy atom. The predicted molar refractivity (Wildman–Crippen MR) is 105 cm³/mol. The highest BCUT2D eigenvalue weighted by molar-refractivity contribution is 5.78. The lowest BCUT2D eigenvalue weighted by molar-refractivity contribution is -0.124. The summed E-state index contributed by atoms with van der Waals surface area (Å²) in [6.45, 7) is 4.14. The van der Waals surface area contributed by atoms with Gasteiger partial charge in [-0.25, -0.2) is 0 Å². The molecule has 0 bridgehead atoms. The summed E-state index contributed by atoms with van der Waals surface area (Å²) in [5.41, 5.74) is 3.35. The largest absolute Gasteiger partial charge is 0.487 e. The SMILES string of the molecule is CC1(C)CC(NC(=O)COc2cccc3c2CCCC3)c2ccccc2O1. The van der Waals surface area contributed by atoms with Crippen molar-refractivity contribution in [1.29, 1.82) is 0 Å². The molecule has 0 radical (unpaired) electrons. The fraction of sp³-hybridized carbons (Fsp3) is 0.435. The second-order valence-corrected chi connectivity index (χ2v) is 8.11. The van der Waals surface area contributed by atoms with Crippen LogP contribution in [0.4, 0.5) is 0 Å². The molecule has 4 heteroatoms. The van der Waals surface area contributed by atoms with E-state index in [-0.39, 0.29) is 24.2 Å². The Bertz CT molecular complexity index is 843. The average Bonchev–Trinajstić information content (AvgIpc) is 2.65. The molecule has 4 nitrogen and oxygen atoms in total. The lowest BCUT2D eigenvalue weighted by Crippen LogP contribution is -2.42. The van der Waals surface area contributed by atoms with E-state index in [1.807, 2.05) is 36.4 Å². The maximum Gasteiger partial charge on any atom is 0.258 e. The number of nitrogens with one attached hydrogen (secondary N) is 1. The Hall–Kier alpha value is -2.49. The zero-order valence-corrected chi connectivity index (χ0v) is 16.1. The highest BCUT2D eigenvalue weighted by Gasteiger charge is 2.34. The van der Waals surface area contributed by atoms with Crippen molar-refractivity contribution in [2.45, 2.75) is 57.6 Å². The van der Waals surface area contributed by atoms with Crippen LogP contribution in [0.15, 0.2) is 42.5 Å². The third kappa shape index (κ3) is 3.95. The lowest BCUT2D eigenvalue weighted by atomic mass is 9.89. The Kier molecular flexibility index (Phi) is 4.81. The molecule has 1 atom stereocenters. The van der Waals surface area contributed by atoms with Crippen molar-refractivity contribution in [1.82, 2.24) is 5.32 Å². The van der Waals surface area contributed by atoms with Crippen molar-refractivity contribution in [3.8, 4) is 11.5 Å². The smallest absolute Gasteiger partial charge is 0.258 e. The number of rotatable bonds is 4. The first-order chi connectivity index (χ1) is 13.0. The zero-order chi connectivity index (χ0) is 18.9. The van der Waals surface area contributed by atoms with E-state index in [0.717, 1.165) is 36.3 Å². The van der Waals surface area contributed by atoms with Crippen LogP contribution in [0.1, 0.15) is 55.8 Å². The number of carbonyl (C=O) groups is 1. The van der Waals surface area contributed by atoms with Gasteiger partial charge in [-0.1, -0.05) is 30.3 Å². The van der Waals surface area contributed by atoms with Gasteiger partial charge in [0.25, 0.3) is 5.91 Å². The summed E-state index contributed by atoms with van der Waals surface area (Å²) in [6.07, 6.45) is 5.29. The maximum atomic E-state index is 12.6. The van der Waals surface area contributed by atoms with E-state index >= 15 is 0 Å². The minimum Gasteiger partial charge on any atom is -0.487 e. The molecule has 1 aliphatic carbocycles. The number of aryl methyl sites for hydroxylation is 1. The topological polar surface area (TPSA) is 47.6 Å². The predicted octanol–water partition coefficient (Wildman–Crippen LogP) is 4.36. The summed E-state index contributed by atoms with van der Waals surface area (Å²) in [4.78, 5) is 12.6. The van der Waals surface area contributed by atoms with Crippen LogP contribution in [-0.2, 0) is 17.6 Å². The second kappa shape index (κ2) is 7.26. The highest BCUT2D eigenvalue weighted by atomic mass is 16.5. The van der Waals surface area contributed by atoms with Crippen molar-refractivity contribution >= 4 is 5.91 Å². The van der Waals surface area contributed by atoms with Crippen LogP contribution in [0.2, 0.25) is 0 Å². The average molecular weight is 365 g/mol. The van der Waals surface area contributed by atoms with Crippen molar-refractivity contribution in [2.75, 3.05) is 6.61 Å². The molecule has 142 valence electrons. The second-order valence-electron chi connectivity index (χ2n) is 8.11. The van der Waals surface area contributed by atoms with Crippen LogP contribution in [0.5, 0.6) is 11.5 Å². The molecule has 4 rings (SSSR count). The fourth-order valence-electron chi connectivity index (χ4n) is 4.19. The number of hydrogen-bond donors (Lipinski definition) is 1. The molecule has 0 saturated heterocycles. The molecule has 1 unspecified atom stereocenters. The molecule has 2 aromatic rings. The molecule has 0 saturated carbocycles. The van der Waals surface area contributed by atoms with Crippen molar-refractivity contribution in [3.05, 3.63) is 59.2 Å². The molecule has 0 spiro atoms. The Labute approximate surface area is 160 Å². The summed E-state index contributed by atoms with van der Waals surface area (Å²) >= 11 is 0. The van der Waals surface area contributed by atoms with Gasteiger partial charge in [0.05, 0.1) is 6.04 Å². The molecule has 1 aliphatic heterocycles. The first-order valence-corrected chi connectivity index (χ1v) is 9.83. The van der Waals surface area contributed by atoms with Crippen molar-refractivity contribution in [3.63, 3.8) is 0 Å². The van der Waals surface area contributed by atoms with Crippen LogP contribution in [0, 0.1) is 0 Å². The number of ether oxygens (including phenoxy) is 2. The fourth-order valence-corrected chi connectivity index (χ4v) is 4.19. The number of hydrogen-bond acceptors (Lipinski definition) is 3. The Balaban J connectivity index is 1.43. The number of benzene rings is 2. The van der Waals surface area contributed by atoms with Gasteiger partial charge in [0.2, 0.25) is 0 Å². The molecular weight excluding hydrogens is 338 g/mol. The number of carbonyl (C=O) groups excluding carboxylic acids is 1. The van der Waals surface area contributed by atoms with Gasteiger partial charge in [-0.15, -0.1) is 0 Å². The quantitative estimate of drug-likeness (QED) is 0.876. The Morgan fingerprint density at radius 3 is 2.85 bits per heavy atom. The molecule has 1 heterocycles. The molecule has 2 aliphatic rings. The number of fused-ring (bicyclic) bond motifs is 2. The van der Waals surface area contributed by atoms with Crippen LogP contribution in [0.25, 0.3) is 0 Å². The molecule has 0 fully saturated rings. The van der Waals surface area contributed by atoms with Gasteiger partial charge in [0.15, 0.2) is 6.61 Å². The van der Waals surface area contributed by atoms with E-state index in [4.69, 9.17) is 9.47 Å². The summed E-state index contributed by atoms with van der Waals surface area (Å²) < 4.78 is 11.9. The van der Waals surface area contributed by atoms with Crippen LogP contribution >= 0.6 is 0 Å². The first kappa shape index (κ1) is 17.9. The monoisotopic (exact) mass is 365 g/mol. The molecule has 1 N–H and O–H groups in total. The van der Waals surface area contributed by atoms with Crippen LogP contribution < -0.4 is 14.8 Å². The third-order valence-corrected chi connectivity index (χ3v) is 5.42. The van der Waals surface area contributed by atoms with E-state index in [9.17, 15) is 4.79 Å². The summed E-state index contributed by atoms with van der Waals surface area (Å²) in [6, 6.07) is 14.0. The lowest BCUT2D eigenvalue weighted by Gasteiger charge is -2.37. The normalized spacial score (nSPS) is 20.0. The standard InChI is InChI=1S/C23H27NO3/c1-23(2)14-19(18-11-5-6-12-21(18)27-23)24-22(25)15-26-20-13-7-9-16-8-3-4-10-17(16)20/h5-7,9,11-13,19H,3-4,8,10,14-15H2,1-2H3,(H,24,25). The number of amides is 1. The van der Waals surface area contributed by atoms with Gasteiger partial charge in [-0.3, -0.25) is 4.79 Å². The van der Waals surface area contributed by atoms with Crippen LogP contribution in [0.3, 0.4) is 0 Å².